The predicted octanol–water partition coefficient (Wildman–Crippen LogP) is 3.39. The molecule has 2 aromatic carbocycles. The van der Waals surface area contributed by atoms with Crippen LogP contribution in [0.4, 0.5) is 4.79 Å². The number of amides is 2. The largest absolute Gasteiger partial charge is 0.497 e. The summed E-state index contributed by atoms with van der Waals surface area (Å²) in [6.45, 7) is 5.07. The first-order chi connectivity index (χ1) is 15.8. The number of esters is 2. The Morgan fingerprint density at radius 1 is 1.00 bits per heavy atom. The molecule has 0 spiro atoms. The zero-order chi connectivity index (χ0) is 24.0. The lowest BCUT2D eigenvalue weighted by molar-refractivity contribution is -0.149. The van der Waals surface area contributed by atoms with Gasteiger partial charge in [-0.1, -0.05) is 42.5 Å². The molecule has 1 aliphatic rings. The Morgan fingerprint density at radius 3 is 2.27 bits per heavy atom. The van der Waals surface area contributed by atoms with Crippen molar-refractivity contribution in [2.45, 2.75) is 32.2 Å². The summed E-state index contributed by atoms with van der Waals surface area (Å²) in [7, 11) is 1.55. The van der Waals surface area contributed by atoms with Gasteiger partial charge < -0.3 is 24.8 Å². The fraction of sp³-hybridized carbons (Fsp3) is 0.320. The molecule has 8 heteroatoms. The van der Waals surface area contributed by atoms with Gasteiger partial charge in [0, 0.05) is 0 Å². The van der Waals surface area contributed by atoms with Gasteiger partial charge in [-0.3, -0.25) is 4.79 Å². The second-order valence-corrected chi connectivity index (χ2v) is 7.98. The lowest BCUT2D eigenvalue weighted by atomic mass is 9.85. The minimum absolute atomic E-state index is 0.152. The number of nitrogens with one attached hydrogen (secondary N) is 2. The number of ether oxygens (including phenoxy) is 3. The second-order valence-electron chi connectivity index (χ2n) is 7.98. The van der Waals surface area contributed by atoms with Crippen LogP contribution in [0.25, 0.3) is 0 Å². The van der Waals surface area contributed by atoms with Crippen molar-refractivity contribution in [2.24, 2.45) is 0 Å². The fourth-order valence-electron chi connectivity index (χ4n) is 3.52. The molecule has 0 aliphatic carbocycles. The van der Waals surface area contributed by atoms with Crippen LogP contribution in [0.1, 0.15) is 37.9 Å². The van der Waals surface area contributed by atoms with Crippen molar-refractivity contribution >= 4 is 18.0 Å². The first-order valence-corrected chi connectivity index (χ1v) is 10.6. The number of methoxy groups -OCH3 is 1. The van der Waals surface area contributed by atoms with Crippen LogP contribution in [-0.2, 0) is 24.5 Å². The summed E-state index contributed by atoms with van der Waals surface area (Å²) in [5, 5.41) is 5.34. The van der Waals surface area contributed by atoms with Crippen LogP contribution >= 0.6 is 0 Å². The van der Waals surface area contributed by atoms with Gasteiger partial charge in [0.25, 0.3) is 0 Å². The van der Waals surface area contributed by atoms with Crippen molar-refractivity contribution in [1.29, 1.82) is 0 Å². The van der Waals surface area contributed by atoms with Gasteiger partial charge in [-0.05, 0) is 44.0 Å². The standard InChI is InChI=1S/C25H28N2O6/c1-5-32-22(28)20-19(15-33-23(29)25(2,3)17-9-7-6-8-10-17)26-24(30)27-21(20)16-11-13-18(31-4)14-12-16/h6-14,21H,5,15H2,1-4H3,(H2,26,27,30)/t21-/m1/s1. The van der Waals surface area contributed by atoms with E-state index in [0.29, 0.717) is 11.3 Å². The van der Waals surface area contributed by atoms with E-state index in [4.69, 9.17) is 14.2 Å². The number of urea groups is 1. The Hall–Kier alpha value is -3.81. The third-order valence-corrected chi connectivity index (χ3v) is 5.45. The first-order valence-electron chi connectivity index (χ1n) is 10.6. The molecule has 1 atom stereocenters. The number of hydrogen-bond acceptors (Lipinski definition) is 6. The minimum atomic E-state index is -0.918. The number of rotatable bonds is 8. The van der Waals surface area contributed by atoms with Crippen molar-refractivity contribution in [2.75, 3.05) is 20.3 Å². The molecule has 174 valence electrons. The third-order valence-electron chi connectivity index (χ3n) is 5.45. The second kappa shape index (κ2) is 10.2. The van der Waals surface area contributed by atoms with E-state index in [1.54, 1.807) is 52.1 Å². The highest BCUT2D eigenvalue weighted by Gasteiger charge is 2.36. The summed E-state index contributed by atoms with van der Waals surface area (Å²) in [6, 6.07) is 14.9. The Bertz CT molecular complexity index is 1040. The van der Waals surface area contributed by atoms with Gasteiger partial charge >= 0.3 is 18.0 Å². The molecule has 1 aliphatic heterocycles. The summed E-state index contributed by atoms with van der Waals surface area (Å²) < 4.78 is 16.0. The average Bonchev–Trinajstić information content (AvgIpc) is 2.82. The summed E-state index contributed by atoms with van der Waals surface area (Å²) in [4.78, 5) is 38.2. The Morgan fingerprint density at radius 2 is 1.67 bits per heavy atom. The summed E-state index contributed by atoms with van der Waals surface area (Å²) in [5.74, 6) is -0.463. The van der Waals surface area contributed by atoms with Gasteiger partial charge in [0.15, 0.2) is 0 Å². The smallest absolute Gasteiger partial charge is 0.338 e. The molecule has 2 aromatic rings. The fourth-order valence-corrected chi connectivity index (χ4v) is 3.52. The van der Waals surface area contributed by atoms with Crippen LogP contribution < -0.4 is 15.4 Å². The van der Waals surface area contributed by atoms with Crippen LogP contribution in [0.3, 0.4) is 0 Å². The molecule has 0 bridgehead atoms. The van der Waals surface area contributed by atoms with Gasteiger partial charge in [-0.2, -0.15) is 0 Å². The molecular formula is C25H28N2O6. The highest BCUT2D eigenvalue weighted by Crippen LogP contribution is 2.30. The van der Waals surface area contributed by atoms with Crippen LogP contribution in [0.15, 0.2) is 65.9 Å². The maximum Gasteiger partial charge on any atom is 0.338 e. The zero-order valence-corrected chi connectivity index (χ0v) is 19.1. The molecule has 0 fully saturated rings. The average molecular weight is 453 g/mol. The van der Waals surface area contributed by atoms with Gasteiger partial charge in [0.05, 0.1) is 36.4 Å². The van der Waals surface area contributed by atoms with Crippen LogP contribution in [0, 0.1) is 0 Å². The number of hydrogen-bond donors (Lipinski definition) is 2. The van der Waals surface area contributed by atoms with Crippen LogP contribution in [-0.4, -0.2) is 38.3 Å². The van der Waals surface area contributed by atoms with Gasteiger partial charge in [-0.15, -0.1) is 0 Å². The Balaban J connectivity index is 1.91. The summed E-state index contributed by atoms with van der Waals surface area (Å²) in [6.07, 6.45) is 0. The molecule has 0 aromatic heterocycles. The highest BCUT2D eigenvalue weighted by molar-refractivity contribution is 5.95. The lowest BCUT2D eigenvalue weighted by Gasteiger charge is -2.30. The molecule has 0 saturated carbocycles. The summed E-state index contributed by atoms with van der Waals surface area (Å²) >= 11 is 0. The van der Waals surface area contributed by atoms with Gasteiger partial charge in [0.1, 0.15) is 12.4 Å². The number of carbonyl (C=O) groups is 3. The van der Waals surface area contributed by atoms with Crippen molar-refractivity contribution < 1.29 is 28.6 Å². The number of benzene rings is 2. The molecule has 0 radical (unpaired) electrons. The Kier molecular flexibility index (Phi) is 7.37. The first kappa shape index (κ1) is 23.8. The molecular weight excluding hydrogens is 424 g/mol. The molecule has 1 heterocycles. The van der Waals surface area contributed by atoms with E-state index in [1.807, 2.05) is 30.3 Å². The minimum Gasteiger partial charge on any atom is -0.497 e. The monoisotopic (exact) mass is 452 g/mol. The topological polar surface area (TPSA) is 103 Å². The van der Waals surface area contributed by atoms with Crippen molar-refractivity contribution in [3.05, 3.63) is 77.0 Å². The van der Waals surface area contributed by atoms with E-state index >= 15 is 0 Å². The van der Waals surface area contributed by atoms with E-state index in [9.17, 15) is 14.4 Å². The van der Waals surface area contributed by atoms with E-state index in [-0.39, 0.29) is 24.5 Å². The zero-order valence-electron chi connectivity index (χ0n) is 19.1. The van der Waals surface area contributed by atoms with E-state index in [0.717, 1.165) is 5.56 Å². The van der Waals surface area contributed by atoms with Crippen LogP contribution in [0.2, 0.25) is 0 Å². The molecule has 2 N–H and O–H groups in total. The molecule has 3 rings (SSSR count). The quantitative estimate of drug-likeness (QED) is 0.595. The highest BCUT2D eigenvalue weighted by atomic mass is 16.5. The summed E-state index contributed by atoms with van der Waals surface area (Å²) in [5.41, 5.74) is 0.877. The number of carbonyl (C=O) groups excluding carboxylic acids is 3. The van der Waals surface area contributed by atoms with E-state index in [1.165, 1.54) is 0 Å². The third kappa shape index (κ3) is 5.34. The molecule has 0 unspecified atom stereocenters. The molecule has 0 saturated heterocycles. The molecule has 8 nitrogen and oxygen atoms in total. The van der Waals surface area contributed by atoms with Crippen molar-refractivity contribution in [3.63, 3.8) is 0 Å². The lowest BCUT2D eigenvalue weighted by Crippen LogP contribution is -2.47. The maximum absolute atomic E-state index is 12.9. The van der Waals surface area contributed by atoms with Gasteiger partial charge in [0.2, 0.25) is 0 Å². The van der Waals surface area contributed by atoms with E-state index in [2.05, 4.69) is 10.6 Å². The maximum atomic E-state index is 12.9. The van der Waals surface area contributed by atoms with Crippen molar-refractivity contribution in [3.8, 4) is 5.75 Å². The normalized spacial score (nSPS) is 15.9. The van der Waals surface area contributed by atoms with E-state index < -0.39 is 29.4 Å². The molecule has 2 amide bonds. The van der Waals surface area contributed by atoms with Crippen LogP contribution in [0.5, 0.6) is 5.75 Å². The van der Waals surface area contributed by atoms with Gasteiger partial charge in [-0.25, -0.2) is 9.59 Å². The SMILES string of the molecule is CCOC(=O)C1=C(COC(=O)C(C)(C)c2ccccc2)NC(=O)N[C@@H]1c1ccc(OC)cc1. The Labute approximate surface area is 192 Å². The predicted molar refractivity (Wildman–Crippen MR) is 121 cm³/mol. The van der Waals surface area contributed by atoms with Crippen molar-refractivity contribution in [1.82, 2.24) is 10.6 Å². The molecule has 33 heavy (non-hydrogen) atoms.